The highest BCUT2D eigenvalue weighted by Gasteiger charge is 2.02. The zero-order valence-corrected chi connectivity index (χ0v) is 9.30. The van der Waals surface area contributed by atoms with Gasteiger partial charge in [0.2, 0.25) is 0 Å². The van der Waals surface area contributed by atoms with E-state index < -0.39 is 0 Å². The van der Waals surface area contributed by atoms with Crippen LogP contribution in [-0.4, -0.2) is 16.3 Å². The van der Waals surface area contributed by atoms with Crippen LogP contribution in [0.25, 0.3) is 0 Å². The summed E-state index contributed by atoms with van der Waals surface area (Å²) in [4.78, 5) is 0. The van der Waals surface area contributed by atoms with Gasteiger partial charge in [-0.25, -0.2) is 9.25 Å². The van der Waals surface area contributed by atoms with Crippen LogP contribution in [0.1, 0.15) is 0 Å². The van der Waals surface area contributed by atoms with Crippen molar-refractivity contribution >= 4 is 11.5 Å². The average molecular weight is 218 g/mol. The van der Waals surface area contributed by atoms with Crippen molar-refractivity contribution in [3.63, 3.8) is 0 Å². The Kier molecular flexibility index (Phi) is 3.16. The fourth-order valence-electron chi connectivity index (χ4n) is 1.47. The lowest BCUT2D eigenvalue weighted by molar-refractivity contribution is -0.671. The first-order valence-electron chi connectivity index (χ1n) is 5.24. The normalized spacial score (nSPS) is 10.4. The van der Waals surface area contributed by atoms with Crippen LogP contribution in [0.15, 0.2) is 36.8 Å². The molecule has 0 amide bonds. The van der Waals surface area contributed by atoms with Gasteiger partial charge in [-0.2, -0.15) is 5.10 Å². The molecule has 0 aliphatic rings. The number of pyridine rings is 1. The van der Waals surface area contributed by atoms with Crippen LogP contribution in [0, 0.1) is 0 Å². The van der Waals surface area contributed by atoms with Gasteiger partial charge < -0.3 is 11.1 Å². The van der Waals surface area contributed by atoms with Crippen molar-refractivity contribution in [3.8, 4) is 0 Å². The smallest absolute Gasteiger partial charge is 0.170 e. The fourth-order valence-corrected chi connectivity index (χ4v) is 1.47. The molecule has 16 heavy (non-hydrogen) atoms. The minimum Gasteiger partial charge on any atom is -0.340 e. The van der Waals surface area contributed by atoms with Crippen molar-refractivity contribution in [1.29, 1.82) is 0 Å². The molecule has 0 fully saturated rings. The van der Waals surface area contributed by atoms with E-state index in [4.69, 9.17) is 5.73 Å². The minimum absolute atomic E-state index is 0.583. The number of aryl methyl sites for hydroxylation is 1. The Morgan fingerprint density at radius 2 is 2.12 bits per heavy atom. The number of nitrogens with one attached hydrogen (secondary N) is 1. The van der Waals surface area contributed by atoms with Crippen molar-refractivity contribution in [3.05, 3.63) is 36.8 Å². The molecule has 3 N–H and O–H groups in total. The number of anilines is 2. The number of aromatic nitrogens is 3. The van der Waals surface area contributed by atoms with Crippen molar-refractivity contribution in [2.75, 3.05) is 11.9 Å². The largest absolute Gasteiger partial charge is 0.340 e. The van der Waals surface area contributed by atoms with Crippen molar-refractivity contribution < 1.29 is 4.57 Å². The third-order valence-corrected chi connectivity index (χ3v) is 2.31. The van der Waals surface area contributed by atoms with Gasteiger partial charge in [-0.15, -0.1) is 0 Å². The minimum atomic E-state index is 0.583. The highest BCUT2D eigenvalue weighted by molar-refractivity contribution is 5.54. The number of hydrogen-bond donors (Lipinski definition) is 2. The van der Waals surface area contributed by atoms with Gasteiger partial charge in [0.15, 0.2) is 12.4 Å². The van der Waals surface area contributed by atoms with E-state index in [1.165, 1.54) is 0 Å². The van der Waals surface area contributed by atoms with E-state index in [-0.39, 0.29) is 0 Å². The fraction of sp³-hybridized carbons (Fsp3) is 0.273. The quantitative estimate of drug-likeness (QED) is 0.731. The standard InChI is InChI=1S/C11H15N5/c1-15-7-3-10(4-8-15)14-11-2-6-13-16(11)9-5-12/h2-4,6-8H,5,9,12H2,1H3/p+1. The maximum Gasteiger partial charge on any atom is 0.170 e. The Hall–Kier alpha value is -1.88. The molecule has 0 aromatic carbocycles. The first kappa shape index (κ1) is 10.6. The van der Waals surface area contributed by atoms with Crippen LogP contribution in [-0.2, 0) is 13.6 Å². The van der Waals surface area contributed by atoms with Gasteiger partial charge in [0.25, 0.3) is 0 Å². The average Bonchev–Trinajstić information content (AvgIpc) is 2.70. The molecule has 0 aliphatic heterocycles. The lowest BCUT2D eigenvalue weighted by Gasteiger charge is -2.07. The topological polar surface area (TPSA) is 59.8 Å². The Morgan fingerprint density at radius 1 is 1.38 bits per heavy atom. The zero-order chi connectivity index (χ0) is 11.4. The van der Waals surface area contributed by atoms with E-state index >= 15 is 0 Å². The van der Waals surface area contributed by atoms with Gasteiger partial charge in [-0.05, 0) is 0 Å². The molecule has 2 aromatic heterocycles. The molecule has 0 unspecified atom stereocenters. The SMILES string of the molecule is C[n+]1ccc(Nc2ccnn2CCN)cc1. The summed E-state index contributed by atoms with van der Waals surface area (Å²) in [6, 6.07) is 5.96. The summed E-state index contributed by atoms with van der Waals surface area (Å²) in [6.45, 7) is 1.30. The molecule has 0 saturated heterocycles. The van der Waals surface area contributed by atoms with E-state index in [0.29, 0.717) is 6.54 Å². The van der Waals surface area contributed by atoms with Gasteiger partial charge in [-0.3, -0.25) is 0 Å². The summed E-state index contributed by atoms with van der Waals surface area (Å²) < 4.78 is 3.84. The molecule has 5 heteroatoms. The van der Waals surface area contributed by atoms with Gasteiger partial charge in [0, 0.05) is 24.7 Å². The van der Waals surface area contributed by atoms with Gasteiger partial charge in [0.1, 0.15) is 12.9 Å². The molecule has 0 bridgehead atoms. The Labute approximate surface area is 94.5 Å². The van der Waals surface area contributed by atoms with Crippen LogP contribution in [0.3, 0.4) is 0 Å². The Balaban J connectivity index is 2.13. The predicted molar refractivity (Wildman–Crippen MR) is 62.2 cm³/mol. The van der Waals surface area contributed by atoms with E-state index in [1.54, 1.807) is 6.20 Å². The first-order chi connectivity index (χ1) is 7.79. The second-order valence-electron chi connectivity index (χ2n) is 3.61. The molecule has 0 saturated carbocycles. The predicted octanol–water partition coefficient (Wildman–Crippen LogP) is 0.410. The monoisotopic (exact) mass is 218 g/mol. The van der Waals surface area contributed by atoms with Gasteiger partial charge >= 0.3 is 0 Å². The van der Waals surface area contributed by atoms with Crippen LogP contribution >= 0.6 is 0 Å². The van der Waals surface area contributed by atoms with Crippen molar-refractivity contribution in [1.82, 2.24) is 9.78 Å². The van der Waals surface area contributed by atoms with Crippen molar-refractivity contribution in [2.24, 2.45) is 12.8 Å². The first-order valence-corrected chi connectivity index (χ1v) is 5.24. The summed E-state index contributed by atoms with van der Waals surface area (Å²) in [5.41, 5.74) is 6.55. The number of hydrogen-bond acceptors (Lipinski definition) is 3. The van der Waals surface area contributed by atoms with Crippen LogP contribution < -0.4 is 15.6 Å². The van der Waals surface area contributed by atoms with E-state index in [9.17, 15) is 0 Å². The molecule has 2 aromatic rings. The van der Waals surface area contributed by atoms with Gasteiger partial charge in [0.05, 0.1) is 18.4 Å². The Morgan fingerprint density at radius 3 is 2.81 bits per heavy atom. The lowest BCUT2D eigenvalue weighted by atomic mass is 10.4. The third-order valence-electron chi connectivity index (χ3n) is 2.31. The summed E-state index contributed by atoms with van der Waals surface area (Å²) in [7, 11) is 1.99. The maximum atomic E-state index is 5.51. The molecular formula is C11H16N5+. The molecule has 5 nitrogen and oxygen atoms in total. The molecule has 0 aliphatic carbocycles. The van der Waals surface area contributed by atoms with Crippen LogP contribution in [0.4, 0.5) is 11.5 Å². The van der Waals surface area contributed by atoms with E-state index in [2.05, 4.69) is 10.4 Å². The number of rotatable bonds is 4. The lowest BCUT2D eigenvalue weighted by Crippen LogP contribution is -2.25. The van der Waals surface area contributed by atoms with E-state index in [0.717, 1.165) is 18.1 Å². The maximum absolute atomic E-state index is 5.51. The molecule has 0 radical (unpaired) electrons. The summed E-state index contributed by atoms with van der Waals surface area (Å²) in [6.07, 6.45) is 5.75. The molecule has 0 atom stereocenters. The zero-order valence-electron chi connectivity index (χ0n) is 9.30. The molecule has 0 spiro atoms. The summed E-state index contributed by atoms with van der Waals surface area (Å²) in [5.74, 6) is 0.958. The van der Waals surface area contributed by atoms with Gasteiger partial charge in [-0.1, -0.05) is 0 Å². The van der Waals surface area contributed by atoms with Crippen LogP contribution in [0.5, 0.6) is 0 Å². The number of nitrogens with zero attached hydrogens (tertiary/aromatic N) is 3. The third kappa shape index (κ3) is 2.38. The molecule has 2 heterocycles. The highest BCUT2D eigenvalue weighted by Crippen LogP contribution is 2.13. The van der Waals surface area contributed by atoms with Crippen LogP contribution in [0.2, 0.25) is 0 Å². The second kappa shape index (κ2) is 4.76. The second-order valence-corrected chi connectivity index (χ2v) is 3.61. The highest BCUT2D eigenvalue weighted by atomic mass is 15.3. The van der Waals surface area contributed by atoms with E-state index in [1.807, 2.05) is 46.9 Å². The Bertz CT molecular complexity index is 446. The van der Waals surface area contributed by atoms with Crippen molar-refractivity contribution in [2.45, 2.75) is 6.54 Å². The molecule has 2 rings (SSSR count). The molecule has 84 valence electrons. The summed E-state index contributed by atoms with van der Waals surface area (Å²) in [5, 5.41) is 7.48. The number of nitrogens with two attached hydrogens (primary N) is 1. The molecular weight excluding hydrogens is 202 g/mol. The summed E-state index contributed by atoms with van der Waals surface area (Å²) >= 11 is 0.